The molecule has 0 bridgehead atoms. The maximum absolute atomic E-state index is 13.6. The number of halogens is 5. The molecule has 33 heavy (non-hydrogen) atoms. The van der Waals surface area contributed by atoms with E-state index in [1.165, 1.54) is 49.7 Å². The molecule has 0 fully saturated rings. The average Bonchev–Trinajstić information content (AvgIpc) is 2.82. The Hall–Kier alpha value is -4.15. The van der Waals surface area contributed by atoms with Crippen molar-refractivity contribution in [2.24, 2.45) is 5.10 Å². The molecule has 3 rings (SSSR count). The monoisotopic (exact) mass is 466 g/mol. The van der Waals surface area contributed by atoms with Gasteiger partial charge in [-0.3, -0.25) is 4.79 Å². The molecule has 3 aromatic rings. The van der Waals surface area contributed by atoms with Crippen LogP contribution in [0.4, 0.5) is 22.0 Å². The fourth-order valence-electron chi connectivity index (χ4n) is 2.62. The summed E-state index contributed by atoms with van der Waals surface area (Å²) in [6, 6.07) is 9.90. The maximum atomic E-state index is 13.6. The first-order valence-electron chi connectivity index (χ1n) is 9.16. The van der Waals surface area contributed by atoms with Crippen molar-refractivity contribution in [3.05, 3.63) is 88.2 Å². The number of ether oxygens (including phenoxy) is 2. The SMILES string of the molecule is COc1cc(/C=N/NC(=O)c2ccc(COc3c(F)c(F)c(F)c(F)c3F)cc2)ccc1O. The number of amides is 1. The number of nitrogens with one attached hydrogen (secondary N) is 1. The first kappa shape index (κ1) is 23.5. The van der Waals surface area contributed by atoms with Crippen LogP contribution in [0.5, 0.6) is 17.2 Å². The molecule has 2 N–H and O–H groups in total. The van der Waals surface area contributed by atoms with E-state index in [-0.39, 0.29) is 17.1 Å². The molecule has 3 aromatic carbocycles. The Morgan fingerprint density at radius 2 is 1.58 bits per heavy atom. The van der Waals surface area contributed by atoms with Gasteiger partial charge in [-0.25, -0.2) is 18.6 Å². The summed E-state index contributed by atoms with van der Waals surface area (Å²) < 4.78 is 76.5. The molecule has 0 aliphatic rings. The van der Waals surface area contributed by atoms with Crippen LogP contribution in [-0.2, 0) is 6.61 Å². The summed E-state index contributed by atoms with van der Waals surface area (Å²) >= 11 is 0. The molecular formula is C22H15F5N2O4. The number of hydrogen-bond acceptors (Lipinski definition) is 5. The van der Waals surface area contributed by atoms with Crippen molar-refractivity contribution in [3.8, 4) is 17.2 Å². The number of nitrogens with zero attached hydrogens (tertiary/aromatic N) is 1. The average molecular weight is 466 g/mol. The predicted molar refractivity (Wildman–Crippen MR) is 107 cm³/mol. The van der Waals surface area contributed by atoms with Crippen LogP contribution in [0.2, 0.25) is 0 Å². The highest BCUT2D eigenvalue weighted by molar-refractivity contribution is 5.94. The van der Waals surface area contributed by atoms with Gasteiger partial charge in [0.05, 0.1) is 13.3 Å². The molecule has 172 valence electrons. The summed E-state index contributed by atoms with van der Waals surface area (Å²) in [4.78, 5) is 12.2. The summed E-state index contributed by atoms with van der Waals surface area (Å²) in [7, 11) is 1.38. The third-order valence-corrected chi connectivity index (χ3v) is 4.35. The highest BCUT2D eigenvalue weighted by atomic mass is 19.2. The van der Waals surface area contributed by atoms with E-state index in [1.807, 2.05) is 0 Å². The molecule has 0 aromatic heterocycles. The molecule has 0 saturated heterocycles. The van der Waals surface area contributed by atoms with E-state index in [2.05, 4.69) is 10.5 Å². The van der Waals surface area contributed by atoms with Gasteiger partial charge in [-0.1, -0.05) is 12.1 Å². The zero-order chi connectivity index (χ0) is 24.1. The fraction of sp³-hybridized carbons (Fsp3) is 0.0909. The number of carbonyl (C=O) groups is 1. The number of rotatable bonds is 7. The predicted octanol–water partition coefficient (Wildman–Crippen LogP) is 4.44. The fourth-order valence-corrected chi connectivity index (χ4v) is 2.62. The van der Waals surface area contributed by atoms with Gasteiger partial charge in [-0.2, -0.15) is 13.9 Å². The van der Waals surface area contributed by atoms with E-state index in [9.17, 15) is 31.9 Å². The molecule has 0 radical (unpaired) electrons. The Labute approximate surface area is 183 Å². The highest BCUT2D eigenvalue weighted by Gasteiger charge is 2.27. The quantitative estimate of drug-likeness (QED) is 0.177. The van der Waals surface area contributed by atoms with Gasteiger partial charge < -0.3 is 14.6 Å². The summed E-state index contributed by atoms with van der Waals surface area (Å²) in [5, 5.41) is 13.3. The van der Waals surface area contributed by atoms with E-state index in [0.717, 1.165) is 0 Å². The standard InChI is InChI=1S/C22H15F5N2O4/c1-32-15-8-12(4-7-14(15)30)9-28-29-22(31)13-5-2-11(3-6-13)10-33-21-19(26)17(24)16(23)18(25)20(21)27/h2-9,30H,10H2,1H3,(H,29,31)/b28-9+. The number of hydrogen-bond donors (Lipinski definition) is 2. The zero-order valence-corrected chi connectivity index (χ0v) is 16.8. The maximum Gasteiger partial charge on any atom is 0.271 e. The summed E-state index contributed by atoms with van der Waals surface area (Å²) in [6.45, 7) is -0.513. The minimum absolute atomic E-state index is 0.0528. The van der Waals surface area contributed by atoms with E-state index >= 15 is 0 Å². The second-order valence-corrected chi connectivity index (χ2v) is 6.52. The summed E-state index contributed by atoms with van der Waals surface area (Å²) in [5.41, 5.74) is 3.31. The number of phenolic OH excluding ortho intramolecular Hbond substituents is 1. The Morgan fingerprint density at radius 1 is 0.970 bits per heavy atom. The van der Waals surface area contributed by atoms with Crippen LogP contribution in [0.25, 0.3) is 0 Å². The van der Waals surface area contributed by atoms with E-state index in [1.54, 1.807) is 6.07 Å². The van der Waals surface area contributed by atoms with Crippen LogP contribution < -0.4 is 14.9 Å². The highest BCUT2D eigenvalue weighted by Crippen LogP contribution is 2.29. The van der Waals surface area contributed by atoms with E-state index in [0.29, 0.717) is 11.1 Å². The van der Waals surface area contributed by atoms with Gasteiger partial charge in [0.25, 0.3) is 5.91 Å². The number of methoxy groups -OCH3 is 1. The van der Waals surface area contributed by atoms with Crippen molar-refractivity contribution >= 4 is 12.1 Å². The topological polar surface area (TPSA) is 80.2 Å². The van der Waals surface area contributed by atoms with E-state index in [4.69, 9.17) is 9.47 Å². The van der Waals surface area contributed by atoms with Crippen molar-refractivity contribution < 1.29 is 41.3 Å². The van der Waals surface area contributed by atoms with Crippen LogP contribution in [-0.4, -0.2) is 24.3 Å². The smallest absolute Gasteiger partial charge is 0.271 e. The summed E-state index contributed by atoms with van der Waals surface area (Å²) in [6.07, 6.45) is 1.33. The Morgan fingerprint density at radius 3 is 2.18 bits per heavy atom. The van der Waals surface area contributed by atoms with Crippen molar-refractivity contribution in [2.45, 2.75) is 6.61 Å². The Kier molecular flexibility index (Phi) is 7.11. The van der Waals surface area contributed by atoms with Gasteiger partial charge in [-0.05, 0) is 41.5 Å². The van der Waals surface area contributed by atoms with Crippen LogP contribution >= 0.6 is 0 Å². The van der Waals surface area contributed by atoms with Crippen LogP contribution in [0.1, 0.15) is 21.5 Å². The minimum atomic E-state index is -2.28. The molecule has 11 heteroatoms. The van der Waals surface area contributed by atoms with Gasteiger partial charge in [0.1, 0.15) is 6.61 Å². The molecule has 1 amide bonds. The Balaban J connectivity index is 1.62. The molecule has 0 atom stereocenters. The van der Waals surface area contributed by atoms with Gasteiger partial charge >= 0.3 is 0 Å². The second kappa shape index (κ2) is 9.98. The summed E-state index contributed by atoms with van der Waals surface area (Å²) in [5.74, 6) is -12.4. The van der Waals surface area contributed by atoms with Crippen LogP contribution in [0.3, 0.4) is 0 Å². The minimum Gasteiger partial charge on any atom is -0.504 e. The normalized spacial score (nSPS) is 11.0. The van der Waals surface area contributed by atoms with Gasteiger partial charge in [0.2, 0.25) is 29.1 Å². The number of phenols is 1. The lowest BCUT2D eigenvalue weighted by molar-refractivity contribution is 0.0955. The largest absolute Gasteiger partial charge is 0.504 e. The van der Waals surface area contributed by atoms with Crippen LogP contribution in [0, 0.1) is 29.1 Å². The van der Waals surface area contributed by atoms with Gasteiger partial charge in [0.15, 0.2) is 17.2 Å². The Bertz CT molecular complexity index is 1190. The number of benzene rings is 3. The van der Waals surface area contributed by atoms with Gasteiger partial charge in [0, 0.05) is 5.56 Å². The molecule has 0 unspecified atom stereocenters. The lowest BCUT2D eigenvalue weighted by Crippen LogP contribution is -2.17. The molecular weight excluding hydrogens is 451 g/mol. The number of aromatic hydroxyl groups is 1. The van der Waals surface area contributed by atoms with Crippen molar-refractivity contribution in [1.29, 1.82) is 0 Å². The molecule has 0 spiro atoms. The molecule has 0 aliphatic carbocycles. The molecule has 0 aliphatic heterocycles. The van der Waals surface area contributed by atoms with Crippen molar-refractivity contribution in [1.82, 2.24) is 5.43 Å². The lowest BCUT2D eigenvalue weighted by Gasteiger charge is -2.10. The lowest BCUT2D eigenvalue weighted by atomic mass is 10.1. The molecule has 6 nitrogen and oxygen atoms in total. The third-order valence-electron chi connectivity index (χ3n) is 4.35. The van der Waals surface area contributed by atoms with Crippen LogP contribution in [0.15, 0.2) is 47.6 Å². The third kappa shape index (κ3) is 5.20. The first-order valence-corrected chi connectivity index (χ1v) is 9.16. The zero-order valence-electron chi connectivity index (χ0n) is 16.8. The van der Waals surface area contributed by atoms with Gasteiger partial charge in [-0.15, -0.1) is 0 Å². The molecule has 0 heterocycles. The number of hydrazone groups is 1. The molecule has 0 saturated carbocycles. The second-order valence-electron chi connectivity index (χ2n) is 6.52. The van der Waals surface area contributed by atoms with Crippen molar-refractivity contribution in [3.63, 3.8) is 0 Å². The van der Waals surface area contributed by atoms with E-state index < -0.39 is 47.3 Å². The van der Waals surface area contributed by atoms with Crippen molar-refractivity contribution in [2.75, 3.05) is 7.11 Å². The first-order chi connectivity index (χ1) is 15.7. The number of carbonyl (C=O) groups excluding carboxylic acids is 1.